The standard InChI is InChI=1S/C10H16O3/c1-3-13-10(12)9(2)7-5-4-6-8-11/h7-8H,3-6H2,1-2H3/b9-7+. The van der Waals surface area contributed by atoms with Gasteiger partial charge in [-0.05, 0) is 26.7 Å². The lowest BCUT2D eigenvalue weighted by atomic mass is 10.2. The average molecular weight is 184 g/mol. The van der Waals surface area contributed by atoms with Gasteiger partial charge in [-0.15, -0.1) is 0 Å². The van der Waals surface area contributed by atoms with Crippen LogP contribution in [0.2, 0.25) is 0 Å². The van der Waals surface area contributed by atoms with Gasteiger partial charge >= 0.3 is 5.97 Å². The van der Waals surface area contributed by atoms with Crippen LogP contribution >= 0.6 is 0 Å². The van der Waals surface area contributed by atoms with Gasteiger partial charge in [0.25, 0.3) is 0 Å². The minimum atomic E-state index is -0.270. The van der Waals surface area contributed by atoms with Crippen LogP contribution in [0, 0.1) is 0 Å². The molecule has 0 bridgehead atoms. The maximum atomic E-state index is 11.0. The summed E-state index contributed by atoms with van der Waals surface area (Å²) in [5, 5.41) is 0. The van der Waals surface area contributed by atoms with Crippen LogP contribution < -0.4 is 0 Å². The van der Waals surface area contributed by atoms with E-state index in [1.165, 1.54) is 0 Å². The van der Waals surface area contributed by atoms with Gasteiger partial charge in [-0.25, -0.2) is 4.79 Å². The predicted molar refractivity (Wildman–Crippen MR) is 50.3 cm³/mol. The number of carbonyl (C=O) groups excluding carboxylic acids is 2. The Labute approximate surface area is 78.8 Å². The molecule has 0 aromatic carbocycles. The van der Waals surface area contributed by atoms with Gasteiger partial charge in [0, 0.05) is 12.0 Å². The number of rotatable bonds is 6. The van der Waals surface area contributed by atoms with Crippen molar-refractivity contribution >= 4 is 12.3 Å². The fourth-order valence-corrected chi connectivity index (χ4v) is 0.848. The molecule has 0 saturated carbocycles. The van der Waals surface area contributed by atoms with Crippen molar-refractivity contribution in [2.75, 3.05) is 6.61 Å². The summed E-state index contributed by atoms with van der Waals surface area (Å²) in [6.45, 7) is 3.90. The Bertz CT molecular complexity index is 194. The van der Waals surface area contributed by atoms with Crippen LogP contribution in [0.5, 0.6) is 0 Å². The van der Waals surface area contributed by atoms with Crippen LogP contribution in [0.3, 0.4) is 0 Å². The lowest BCUT2D eigenvalue weighted by molar-refractivity contribution is -0.138. The van der Waals surface area contributed by atoms with Crippen molar-refractivity contribution in [2.24, 2.45) is 0 Å². The summed E-state index contributed by atoms with van der Waals surface area (Å²) in [6.07, 6.45) is 4.78. The molecule has 0 atom stereocenters. The number of carbonyl (C=O) groups is 2. The van der Waals surface area contributed by atoms with Gasteiger partial charge in [0.05, 0.1) is 6.61 Å². The zero-order chi connectivity index (χ0) is 10.1. The number of hydrogen-bond donors (Lipinski definition) is 0. The molecule has 0 radical (unpaired) electrons. The molecular weight excluding hydrogens is 168 g/mol. The second-order valence-corrected chi connectivity index (χ2v) is 2.71. The summed E-state index contributed by atoms with van der Waals surface area (Å²) in [4.78, 5) is 21.0. The molecule has 74 valence electrons. The lowest BCUT2D eigenvalue weighted by Gasteiger charge is -2.00. The van der Waals surface area contributed by atoms with Crippen molar-refractivity contribution in [2.45, 2.75) is 33.1 Å². The van der Waals surface area contributed by atoms with Gasteiger partial charge in [0.2, 0.25) is 0 Å². The van der Waals surface area contributed by atoms with E-state index in [1.807, 2.05) is 6.08 Å². The van der Waals surface area contributed by atoms with Gasteiger partial charge in [-0.1, -0.05) is 6.08 Å². The van der Waals surface area contributed by atoms with E-state index in [2.05, 4.69) is 0 Å². The minimum absolute atomic E-state index is 0.270. The van der Waals surface area contributed by atoms with Crippen molar-refractivity contribution < 1.29 is 14.3 Å². The Kier molecular flexibility index (Phi) is 6.88. The second-order valence-electron chi connectivity index (χ2n) is 2.71. The first-order chi connectivity index (χ1) is 6.22. The summed E-state index contributed by atoms with van der Waals surface area (Å²) in [5.74, 6) is -0.270. The molecule has 13 heavy (non-hydrogen) atoms. The van der Waals surface area contributed by atoms with Crippen LogP contribution in [0.25, 0.3) is 0 Å². The van der Waals surface area contributed by atoms with E-state index in [-0.39, 0.29) is 5.97 Å². The number of aldehydes is 1. The topological polar surface area (TPSA) is 43.4 Å². The zero-order valence-corrected chi connectivity index (χ0v) is 8.21. The van der Waals surface area contributed by atoms with E-state index in [9.17, 15) is 9.59 Å². The number of allylic oxidation sites excluding steroid dienone is 1. The first-order valence-corrected chi connectivity index (χ1v) is 4.49. The lowest BCUT2D eigenvalue weighted by Crippen LogP contribution is -2.04. The molecule has 0 aliphatic carbocycles. The summed E-state index contributed by atoms with van der Waals surface area (Å²) in [5.41, 5.74) is 0.618. The van der Waals surface area contributed by atoms with Crippen LogP contribution in [-0.4, -0.2) is 18.9 Å². The molecule has 0 aliphatic heterocycles. The Morgan fingerprint density at radius 1 is 1.38 bits per heavy atom. The van der Waals surface area contributed by atoms with E-state index >= 15 is 0 Å². The van der Waals surface area contributed by atoms with Gasteiger partial charge in [0.15, 0.2) is 0 Å². The average Bonchev–Trinajstić information content (AvgIpc) is 2.12. The highest BCUT2D eigenvalue weighted by Gasteiger charge is 2.02. The van der Waals surface area contributed by atoms with E-state index in [0.29, 0.717) is 18.6 Å². The predicted octanol–water partition coefficient (Wildman–Crippen LogP) is 1.86. The van der Waals surface area contributed by atoms with Gasteiger partial charge < -0.3 is 9.53 Å². The summed E-state index contributed by atoms with van der Waals surface area (Å²) < 4.78 is 4.78. The largest absolute Gasteiger partial charge is 0.463 e. The fraction of sp³-hybridized carbons (Fsp3) is 0.600. The molecule has 0 rings (SSSR count). The minimum Gasteiger partial charge on any atom is -0.463 e. The second kappa shape index (κ2) is 7.53. The Balaban J connectivity index is 3.73. The molecule has 0 saturated heterocycles. The van der Waals surface area contributed by atoms with Crippen molar-refractivity contribution in [1.82, 2.24) is 0 Å². The van der Waals surface area contributed by atoms with E-state index in [1.54, 1.807) is 13.8 Å². The van der Waals surface area contributed by atoms with Gasteiger partial charge in [-0.2, -0.15) is 0 Å². The van der Waals surface area contributed by atoms with Crippen LogP contribution in [0.15, 0.2) is 11.6 Å². The Morgan fingerprint density at radius 2 is 2.08 bits per heavy atom. The molecule has 0 aromatic heterocycles. The zero-order valence-electron chi connectivity index (χ0n) is 8.21. The molecule has 0 heterocycles. The molecule has 0 aliphatic rings. The van der Waals surface area contributed by atoms with Crippen molar-refractivity contribution in [3.05, 3.63) is 11.6 Å². The molecule has 0 spiro atoms. The SMILES string of the molecule is CCOC(=O)/C(C)=C/CCCC=O. The molecule has 0 amide bonds. The molecule has 0 fully saturated rings. The Morgan fingerprint density at radius 3 is 2.62 bits per heavy atom. The highest BCUT2D eigenvalue weighted by Crippen LogP contribution is 2.02. The number of unbranched alkanes of at least 4 members (excludes halogenated alkanes) is 2. The fourth-order valence-electron chi connectivity index (χ4n) is 0.848. The monoisotopic (exact) mass is 184 g/mol. The highest BCUT2D eigenvalue weighted by atomic mass is 16.5. The van der Waals surface area contributed by atoms with E-state index < -0.39 is 0 Å². The molecule has 0 unspecified atom stereocenters. The summed E-state index contributed by atoms with van der Waals surface area (Å²) in [7, 11) is 0. The third kappa shape index (κ3) is 6.08. The van der Waals surface area contributed by atoms with E-state index in [4.69, 9.17) is 4.74 Å². The smallest absolute Gasteiger partial charge is 0.333 e. The normalized spacial score (nSPS) is 11.1. The van der Waals surface area contributed by atoms with Crippen LogP contribution in [0.4, 0.5) is 0 Å². The first-order valence-electron chi connectivity index (χ1n) is 4.49. The van der Waals surface area contributed by atoms with Gasteiger partial charge in [0.1, 0.15) is 6.29 Å². The number of ether oxygens (including phenoxy) is 1. The molecular formula is C10H16O3. The van der Waals surface area contributed by atoms with Crippen LogP contribution in [0.1, 0.15) is 33.1 Å². The molecule has 3 heteroatoms. The maximum absolute atomic E-state index is 11.0. The third-order valence-electron chi connectivity index (χ3n) is 1.57. The quantitative estimate of drug-likeness (QED) is 0.274. The Hall–Kier alpha value is -1.12. The van der Waals surface area contributed by atoms with Crippen molar-refractivity contribution in [3.8, 4) is 0 Å². The van der Waals surface area contributed by atoms with Crippen molar-refractivity contribution in [3.63, 3.8) is 0 Å². The first kappa shape index (κ1) is 11.9. The molecule has 0 aromatic rings. The molecule has 0 N–H and O–H groups in total. The highest BCUT2D eigenvalue weighted by molar-refractivity contribution is 5.87. The summed E-state index contributed by atoms with van der Waals surface area (Å²) in [6, 6.07) is 0. The summed E-state index contributed by atoms with van der Waals surface area (Å²) >= 11 is 0. The van der Waals surface area contributed by atoms with Crippen LogP contribution in [-0.2, 0) is 14.3 Å². The van der Waals surface area contributed by atoms with E-state index in [0.717, 1.165) is 19.1 Å². The van der Waals surface area contributed by atoms with Gasteiger partial charge in [-0.3, -0.25) is 0 Å². The molecule has 3 nitrogen and oxygen atoms in total. The van der Waals surface area contributed by atoms with Crippen molar-refractivity contribution in [1.29, 1.82) is 0 Å². The maximum Gasteiger partial charge on any atom is 0.333 e. The number of esters is 1. The third-order valence-corrected chi connectivity index (χ3v) is 1.57. The number of hydrogen-bond acceptors (Lipinski definition) is 3.